The second-order valence-electron chi connectivity index (χ2n) is 3.20. The van der Waals surface area contributed by atoms with Crippen LogP contribution in [-0.2, 0) is 0 Å². The van der Waals surface area contributed by atoms with Gasteiger partial charge in [-0.15, -0.1) is 0 Å². The van der Waals surface area contributed by atoms with Gasteiger partial charge in [0.2, 0.25) is 0 Å². The van der Waals surface area contributed by atoms with E-state index in [1.54, 1.807) is 17.2 Å². The van der Waals surface area contributed by atoms with Crippen LogP contribution in [0.5, 0.6) is 0 Å². The topological polar surface area (TPSA) is 33.2 Å². The van der Waals surface area contributed by atoms with Gasteiger partial charge in [-0.2, -0.15) is 0 Å². The van der Waals surface area contributed by atoms with Crippen molar-refractivity contribution in [2.45, 2.75) is 34.6 Å². The van der Waals surface area contributed by atoms with Crippen molar-refractivity contribution in [1.82, 2.24) is 9.88 Å². The number of carbonyl (C=O) groups excluding carboxylic acids is 1. The fourth-order valence-electron chi connectivity index (χ4n) is 1.27. The van der Waals surface area contributed by atoms with Crippen LogP contribution in [0, 0.1) is 6.92 Å². The van der Waals surface area contributed by atoms with E-state index in [0.29, 0.717) is 5.69 Å². The third-order valence-corrected chi connectivity index (χ3v) is 2.18. The fourth-order valence-corrected chi connectivity index (χ4v) is 1.27. The summed E-state index contributed by atoms with van der Waals surface area (Å²) in [4.78, 5) is 17.6. The van der Waals surface area contributed by atoms with Crippen LogP contribution in [-0.4, -0.2) is 28.9 Å². The van der Waals surface area contributed by atoms with Gasteiger partial charge in [0.1, 0.15) is 5.69 Å². The number of hydrogen-bond acceptors (Lipinski definition) is 2. The minimum absolute atomic E-state index is 0.00926. The van der Waals surface area contributed by atoms with Gasteiger partial charge in [-0.3, -0.25) is 9.78 Å². The zero-order valence-electron chi connectivity index (χ0n) is 10.9. The zero-order valence-corrected chi connectivity index (χ0v) is 10.9. The van der Waals surface area contributed by atoms with Gasteiger partial charge >= 0.3 is 0 Å². The van der Waals surface area contributed by atoms with E-state index in [1.807, 2.05) is 40.7 Å². The summed E-state index contributed by atoms with van der Waals surface area (Å²) < 4.78 is 0. The minimum Gasteiger partial charge on any atom is -0.338 e. The van der Waals surface area contributed by atoms with Gasteiger partial charge in [-0.05, 0) is 32.4 Å². The minimum atomic E-state index is 0.00926. The highest BCUT2D eigenvalue weighted by atomic mass is 16.2. The molecule has 3 nitrogen and oxygen atoms in total. The average molecular weight is 222 g/mol. The van der Waals surface area contributed by atoms with Gasteiger partial charge < -0.3 is 4.90 Å². The van der Waals surface area contributed by atoms with Crippen molar-refractivity contribution in [3.05, 3.63) is 29.6 Å². The molecule has 0 spiro atoms. The summed E-state index contributed by atoms with van der Waals surface area (Å²) in [6.45, 7) is 11.3. The highest BCUT2D eigenvalue weighted by molar-refractivity contribution is 5.92. The summed E-state index contributed by atoms with van der Waals surface area (Å²) in [6, 6.07) is 3.68. The molecule has 1 rings (SSSR count). The van der Waals surface area contributed by atoms with E-state index < -0.39 is 0 Å². The first kappa shape index (κ1) is 14.6. The average Bonchev–Trinajstić information content (AvgIpc) is 2.34. The number of pyridine rings is 1. The van der Waals surface area contributed by atoms with Crippen molar-refractivity contribution < 1.29 is 4.79 Å². The molecule has 0 N–H and O–H groups in total. The SMILES string of the molecule is CC.CCN(CC)C(=O)c1ccc(C)cn1. The van der Waals surface area contributed by atoms with Crippen molar-refractivity contribution in [2.24, 2.45) is 0 Å². The second-order valence-corrected chi connectivity index (χ2v) is 3.20. The molecule has 0 aliphatic rings. The number of hydrogen-bond donors (Lipinski definition) is 0. The summed E-state index contributed by atoms with van der Waals surface area (Å²) in [7, 11) is 0. The first-order chi connectivity index (χ1) is 7.69. The van der Waals surface area contributed by atoms with Crippen molar-refractivity contribution in [3.63, 3.8) is 0 Å². The van der Waals surface area contributed by atoms with E-state index in [-0.39, 0.29) is 5.91 Å². The third kappa shape index (κ3) is 4.01. The Morgan fingerprint density at radius 1 is 1.25 bits per heavy atom. The van der Waals surface area contributed by atoms with Crippen LogP contribution in [0.2, 0.25) is 0 Å². The summed E-state index contributed by atoms with van der Waals surface area (Å²) in [5.74, 6) is 0.00926. The van der Waals surface area contributed by atoms with Crippen LogP contribution < -0.4 is 0 Å². The molecule has 90 valence electrons. The molecule has 0 fully saturated rings. The summed E-state index contributed by atoms with van der Waals surface area (Å²) in [5.41, 5.74) is 1.60. The van der Waals surface area contributed by atoms with Crippen LogP contribution in [0.15, 0.2) is 18.3 Å². The van der Waals surface area contributed by atoms with Crippen molar-refractivity contribution in [3.8, 4) is 0 Å². The number of aromatic nitrogens is 1. The molecular formula is C13H22N2O. The predicted molar refractivity (Wildman–Crippen MR) is 67.6 cm³/mol. The molecule has 0 bridgehead atoms. The molecule has 0 radical (unpaired) electrons. The first-order valence-electron chi connectivity index (χ1n) is 5.91. The van der Waals surface area contributed by atoms with Gasteiger partial charge in [0, 0.05) is 19.3 Å². The Bertz CT molecular complexity index is 302. The molecule has 0 atom stereocenters. The maximum Gasteiger partial charge on any atom is 0.272 e. The Balaban J connectivity index is 0.00000106. The van der Waals surface area contributed by atoms with Gasteiger partial charge in [0.05, 0.1) is 0 Å². The smallest absolute Gasteiger partial charge is 0.272 e. The molecule has 0 aromatic carbocycles. The number of nitrogens with zero attached hydrogens (tertiary/aromatic N) is 2. The van der Waals surface area contributed by atoms with E-state index in [1.165, 1.54) is 0 Å². The summed E-state index contributed by atoms with van der Waals surface area (Å²) in [6.07, 6.45) is 1.72. The molecule has 0 saturated carbocycles. The molecule has 3 heteroatoms. The quantitative estimate of drug-likeness (QED) is 0.788. The predicted octanol–water partition coefficient (Wildman–Crippen LogP) is 2.90. The monoisotopic (exact) mass is 222 g/mol. The van der Waals surface area contributed by atoms with Crippen molar-refractivity contribution in [2.75, 3.05) is 13.1 Å². The van der Waals surface area contributed by atoms with Crippen LogP contribution >= 0.6 is 0 Å². The van der Waals surface area contributed by atoms with Crippen LogP contribution in [0.25, 0.3) is 0 Å². The Morgan fingerprint density at radius 2 is 1.81 bits per heavy atom. The van der Waals surface area contributed by atoms with E-state index in [9.17, 15) is 4.79 Å². The largest absolute Gasteiger partial charge is 0.338 e. The zero-order chi connectivity index (χ0) is 12.6. The lowest BCUT2D eigenvalue weighted by Gasteiger charge is -2.17. The van der Waals surface area contributed by atoms with Crippen LogP contribution in [0.3, 0.4) is 0 Å². The van der Waals surface area contributed by atoms with E-state index in [0.717, 1.165) is 18.7 Å². The number of amides is 1. The lowest BCUT2D eigenvalue weighted by atomic mass is 10.2. The lowest BCUT2D eigenvalue weighted by Crippen LogP contribution is -2.31. The molecule has 0 unspecified atom stereocenters. The maximum atomic E-state index is 11.8. The molecular weight excluding hydrogens is 200 g/mol. The van der Waals surface area contributed by atoms with E-state index >= 15 is 0 Å². The molecule has 0 aliphatic carbocycles. The van der Waals surface area contributed by atoms with E-state index in [4.69, 9.17) is 0 Å². The summed E-state index contributed by atoms with van der Waals surface area (Å²) in [5, 5.41) is 0. The number of carbonyl (C=O) groups is 1. The van der Waals surface area contributed by atoms with Gasteiger partial charge in [0.15, 0.2) is 0 Å². The summed E-state index contributed by atoms with van der Waals surface area (Å²) >= 11 is 0. The molecule has 1 aromatic heterocycles. The highest BCUT2D eigenvalue weighted by Gasteiger charge is 2.12. The Hall–Kier alpha value is -1.38. The van der Waals surface area contributed by atoms with Crippen LogP contribution in [0.1, 0.15) is 43.7 Å². The molecule has 16 heavy (non-hydrogen) atoms. The Labute approximate surface area is 98.5 Å². The Morgan fingerprint density at radius 3 is 2.19 bits per heavy atom. The van der Waals surface area contributed by atoms with Gasteiger partial charge in [0.25, 0.3) is 5.91 Å². The van der Waals surface area contributed by atoms with E-state index in [2.05, 4.69) is 4.98 Å². The maximum absolute atomic E-state index is 11.8. The fraction of sp³-hybridized carbons (Fsp3) is 0.538. The van der Waals surface area contributed by atoms with Crippen LogP contribution in [0.4, 0.5) is 0 Å². The molecule has 0 saturated heterocycles. The second kappa shape index (κ2) is 7.85. The molecule has 0 aliphatic heterocycles. The van der Waals surface area contributed by atoms with Crippen molar-refractivity contribution in [1.29, 1.82) is 0 Å². The standard InChI is InChI=1S/C11H16N2O.C2H6/c1-4-13(5-2)11(14)10-7-6-9(3)8-12-10;1-2/h6-8H,4-5H2,1-3H3;1-2H3. The first-order valence-corrected chi connectivity index (χ1v) is 5.91. The lowest BCUT2D eigenvalue weighted by molar-refractivity contribution is 0.0767. The molecule has 1 amide bonds. The van der Waals surface area contributed by atoms with Gasteiger partial charge in [-0.25, -0.2) is 0 Å². The van der Waals surface area contributed by atoms with Crippen molar-refractivity contribution >= 4 is 5.91 Å². The normalized spacial score (nSPS) is 9.06. The highest BCUT2D eigenvalue weighted by Crippen LogP contribution is 2.03. The number of aryl methyl sites for hydroxylation is 1. The Kier molecular flexibility index (Phi) is 7.18. The molecule has 1 heterocycles. The third-order valence-electron chi connectivity index (χ3n) is 2.18. The van der Waals surface area contributed by atoms with Gasteiger partial charge in [-0.1, -0.05) is 19.9 Å². The number of rotatable bonds is 3. The molecule has 1 aromatic rings.